The van der Waals surface area contributed by atoms with Crippen molar-refractivity contribution in [3.8, 4) is 0 Å². The van der Waals surface area contributed by atoms with E-state index in [2.05, 4.69) is 29.4 Å². The first kappa shape index (κ1) is 14.1. The molecule has 0 aliphatic carbocycles. The predicted molar refractivity (Wildman–Crippen MR) is 78.4 cm³/mol. The highest BCUT2D eigenvalue weighted by Crippen LogP contribution is 2.22. The van der Waals surface area contributed by atoms with Crippen LogP contribution in [0.15, 0.2) is 34.7 Å². The lowest BCUT2D eigenvalue weighted by atomic mass is 10.1. The van der Waals surface area contributed by atoms with Gasteiger partial charge in [-0.3, -0.25) is 10.2 Å². The molecule has 1 aromatic heterocycles. The van der Waals surface area contributed by atoms with Crippen LogP contribution in [0.1, 0.15) is 27.4 Å². The van der Waals surface area contributed by atoms with Crippen molar-refractivity contribution >= 4 is 11.6 Å². The van der Waals surface area contributed by atoms with Crippen molar-refractivity contribution < 1.29 is 9.21 Å². The van der Waals surface area contributed by atoms with Gasteiger partial charge in [0.05, 0.1) is 0 Å². The molecule has 5 nitrogen and oxygen atoms in total. The summed E-state index contributed by atoms with van der Waals surface area (Å²) in [7, 11) is 2.01. The fourth-order valence-electron chi connectivity index (χ4n) is 2.19. The van der Waals surface area contributed by atoms with Gasteiger partial charge in [0.2, 0.25) is 0 Å². The largest absolute Gasteiger partial charge is 0.456 e. The summed E-state index contributed by atoms with van der Waals surface area (Å²) in [5, 5.41) is 0. The Labute approximate surface area is 118 Å². The van der Waals surface area contributed by atoms with Gasteiger partial charge in [0, 0.05) is 24.8 Å². The van der Waals surface area contributed by atoms with Gasteiger partial charge in [-0.25, -0.2) is 5.84 Å². The number of rotatable bonds is 4. The van der Waals surface area contributed by atoms with E-state index in [0.717, 1.165) is 17.0 Å². The van der Waals surface area contributed by atoms with Gasteiger partial charge in [-0.2, -0.15) is 0 Å². The average Bonchev–Trinajstić information content (AvgIpc) is 2.79. The zero-order valence-corrected chi connectivity index (χ0v) is 11.9. The van der Waals surface area contributed by atoms with E-state index in [1.54, 1.807) is 6.07 Å². The fourth-order valence-corrected chi connectivity index (χ4v) is 2.19. The molecule has 0 fully saturated rings. The molecule has 0 radical (unpaired) electrons. The molecule has 20 heavy (non-hydrogen) atoms. The molecule has 0 saturated carbocycles. The van der Waals surface area contributed by atoms with Crippen LogP contribution in [0.2, 0.25) is 0 Å². The molecule has 2 aromatic rings. The molecule has 2 rings (SSSR count). The minimum Gasteiger partial charge on any atom is -0.456 e. The first-order valence-corrected chi connectivity index (χ1v) is 6.40. The second kappa shape index (κ2) is 5.79. The number of furan rings is 1. The molecular formula is C15H19N3O2. The Kier molecular flexibility index (Phi) is 4.10. The monoisotopic (exact) mass is 273 g/mol. The van der Waals surface area contributed by atoms with E-state index >= 15 is 0 Å². The van der Waals surface area contributed by atoms with Crippen molar-refractivity contribution in [3.63, 3.8) is 0 Å². The predicted octanol–water partition coefficient (Wildman–Crippen LogP) is 2.14. The molecule has 3 N–H and O–H groups in total. The molecular weight excluding hydrogens is 254 g/mol. The van der Waals surface area contributed by atoms with Crippen LogP contribution in [-0.4, -0.2) is 13.0 Å². The van der Waals surface area contributed by atoms with Gasteiger partial charge in [-0.15, -0.1) is 0 Å². The number of nitrogens with one attached hydrogen (secondary N) is 1. The lowest BCUT2D eigenvalue weighted by molar-refractivity contribution is 0.0924. The standard InChI is InChI=1S/C15H19N3O2/c1-10-6-4-5-7-13(10)18(3)9-12-8-14(15(19)17-16)20-11(12)2/h4-8H,9,16H2,1-3H3,(H,17,19). The zero-order valence-electron chi connectivity index (χ0n) is 11.9. The maximum Gasteiger partial charge on any atom is 0.300 e. The summed E-state index contributed by atoms with van der Waals surface area (Å²) >= 11 is 0. The summed E-state index contributed by atoms with van der Waals surface area (Å²) in [5.41, 5.74) is 5.39. The Bertz CT molecular complexity index is 619. The number of nitrogens with two attached hydrogens (primary N) is 1. The summed E-state index contributed by atoms with van der Waals surface area (Å²) in [4.78, 5) is 13.6. The average molecular weight is 273 g/mol. The molecule has 5 heteroatoms. The van der Waals surface area contributed by atoms with Gasteiger partial charge in [0.25, 0.3) is 0 Å². The van der Waals surface area contributed by atoms with E-state index in [0.29, 0.717) is 6.54 Å². The van der Waals surface area contributed by atoms with Crippen LogP contribution in [0.5, 0.6) is 0 Å². The number of nitrogens with zero attached hydrogens (tertiary/aromatic N) is 1. The number of carbonyl (C=O) groups is 1. The van der Waals surface area contributed by atoms with Crippen LogP contribution in [0.4, 0.5) is 5.69 Å². The van der Waals surface area contributed by atoms with Crippen LogP contribution in [0.25, 0.3) is 0 Å². The Hall–Kier alpha value is -2.27. The highest BCUT2D eigenvalue weighted by molar-refractivity contribution is 5.91. The minimum absolute atomic E-state index is 0.234. The van der Waals surface area contributed by atoms with E-state index in [4.69, 9.17) is 10.3 Å². The molecule has 1 amide bonds. The van der Waals surface area contributed by atoms with Crippen molar-refractivity contribution in [2.45, 2.75) is 20.4 Å². The van der Waals surface area contributed by atoms with Crippen molar-refractivity contribution in [3.05, 3.63) is 53.0 Å². The highest BCUT2D eigenvalue weighted by Gasteiger charge is 2.15. The van der Waals surface area contributed by atoms with Crippen molar-refractivity contribution in [1.82, 2.24) is 5.43 Å². The van der Waals surface area contributed by atoms with E-state index in [1.165, 1.54) is 5.56 Å². The van der Waals surface area contributed by atoms with E-state index in [-0.39, 0.29) is 5.76 Å². The number of anilines is 1. The van der Waals surface area contributed by atoms with Crippen molar-refractivity contribution in [2.24, 2.45) is 5.84 Å². The molecule has 1 aromatic carbocycles. The third-order valence-electron chi connectivity index (χ3n) is 3.31. The quantitative estimate of drug-likeness (QED) is 0.508. The second-order valence-corrected chi connectivity index (χ2v) is 4.81. The third kappa shape index (κ3) is 2.83. The van der Waals surface area contributed by atoms with Crippen LogP contribution in [0, 0.1) is 13.8 Å². The van der Waals surface area contributed by atoms with Crippen molar-refractivity contribution in [2.75, 3.05) is 11.9 Å². The topological polar surface area (TPSA) is 71.5 Å². The fraction of sp³-hybridized carbons (Fsp3) is 0.267. The van der Waals surface area contributed by atoms with E-state index in [9.17, 15) is 4.79 Å². The number of hydrazine groups is 1. The van der Waals surface area contributed by atoms with Crippen molar-refractivity contribution in [1.29, 1.82) is 0 Å². The summed E-state index contributed by atoms with van der Waals surface area (Å²) in [5.74, 6) is 5.65. The Morgan fingerprint density at radius 3 is 2.70 bits per heavy atom. The summed E-state index contributed by atoms with van der Waals surface area (Å²) < 4.78 is 5.42. The highest BCUT2D eigenvalue weighted by atomic mass is 16.4. The molecule has 1 heterocycles. The summed E-state index contributed by atoms with van der Waals surface area (Å²) in [6, 6.07) is 9.89. The molecule has 0 aliphatic rings. The van der Waals surface area contributed by atoms with Gasteiger partial charge in [-0.1, -0.05) is 18.2 Å². The van der Waals surface area contributed by atoms with Gasteiger partial charge in [-0.05, 0) is 31.5 Å². The van der Waals surface area contributed by atoms with Gasteiger partial charge >= 0.3 is 5.91 Å². The Balaban J connectivity index is 2.20. The normalized spacial score (nSPS) is 10.4. The van der Waals surface area contributed by atoms with Crippen LogP contribution in [0.3, 0.4) is 0 Å². The zero-order chi connectivity index (χ0) is 14.7. The maximum atomic E-state index is 11.4. The lowest BCUT2D eigenvalue weighted by Gasteiger charge is -2.20. The van der Waals surface area contributed by atoms with Gasteiger partial charge in [0.1, 0.15) is 5.76 Å². The molecule has 106 valence electrons. The van der Waals surface area contributed by atoms with Crippen LogP contribution >= 0.6 is 0 Å². The smallest absolute Gasteiger partial charge is 0.300 e. The number of carbonyl (C=O) groups excluding carboxylic acids is 1. The molecule has 0 aliphatic heterocycles. The Morgan fingerprint density at radius 2 is 2.05 bits per heavy atom. The lowest BCUT2D eigenvalue weighted by Crippen LogP contribution is -2.29. The molecule has 0 bridgehead atoms. The molecule has 0 atom stereocenters. The SMILES string of the molecule is Cc1ccccc1N(C)Cc1cc(C(=O)NN)oc1C. The third-order valence-corrected chi connectivity index (χ3v) is 3.31. The first-order chi connectivity index (χ1) is 9.52. The minimum atomic E-state index is -0.419. The number of aryl methyl sites for hydroxylation is 2. The molecule has 0 unspecified atom stereocenters. The molecule has 0 spiro atoms. The number of benzene rings is 1. The first-order valence-electron chi connectivity index (χ1n) is 6.40. The number of nitrogen functional groups attached to an aromatic ring is 1. The maximum absolute atomic E-state index is 11.4. The Morgan fingerprint density at radius 1 is 1.35 bits per heavy atom. The van der Waals surface area contributed by atoms with Gasteiger partial charge < -0.3 is 9.32 Å². The summed E-state index contributed by atoms with van der Waals surface area (Å²) in [6.07, 6.45) is 0. The summed E-state index contributed by atoms with van der Waals surface area (Å²) in [6.45, 7) is 4.58. The van der Waals surface area contributed by atoms with Crippen LogP contribution < -0.4 is 16.2 Å². The number of para-hydroxylation sites is 1. The van der Waals surface area contributed by atoms with Crippen LogP contribution in [-0.2, 0) is 6.54 Å². The molecule has 0 saturated heterocycles. The number of amides is 1. The number of hydrogen-bond donors (Lipinski definition) is 2. The second-order valence-electron chi connectivity index (χ2n) is 4.81. The van der Waals surface area contributed by atoms with Gasteiger partial charge in [0.15, 0.2) is 5.76 Å². The van der Waals surface area contributed by atoms with E-state index in [1.807, 2.05) is 26.1 Å². The number of hydrogen-bond acceptors (Lipinski definition) is 4. The van der Waals surface area contributed by atoms with E-state index < -0.39 is 5.91 Å².